The second-order valence-electron chi connectivity index (χ2n) is 6.24. The van der Waals surface area contributed by atoms with Gasteiger partial charge in [0, 0.05) is 19.6 Å². The molecule has 146 valence electrons. The molecule has 0 saturated carbocycles. The molecule has 0 N–H and O–H groups in total. The highest BCUT2D eigenvalue weighted by molar-refractivity contribution is 7.89. The lowest BCUT2D eigenvalue weighted by Crippen LogP contribution is -2.35. The smallest absolute Gasteiger partial charge is 0.341 e. The van der Waals surface area contributed by atoms with Crippen LogP contribution in [0.1, 0.15) is 22.5 Å². The monoisotopic (exact) mass is 396 g/mol. The van der Waals surface area contributed by atoms with E-state index >= 15 is 0 Å². The Morgan fingerprint density at radius 3 is 2.59 bits per heavy atom. The van der Waals surface area contributed by atoms with Gasteiger partial charge in [0.2, 0.25) is 10.0 Å². The molecule has 0 amide bonds. The summed E-state index contributed by atoms with van der Waals surface area (Å²) < 4.78 is 50.1. The standard InChI is InChI=1S/C18H21FN2O5S/c1-25-18(22)16-7-12-26-17(16)13-20-8-2-9-21(11-10-20)27(23,24)15-5-3-14(19)4-6-15/h3-7,12H,2,8-11,13H2,1H3. The number of halogens is 1. The van der Waals surface area contributed by atoms with Crippen molar-refractivity contribution in [2.45, 2.75) is 17.9 Å². The van der Waals surface area contributed by atoms with E-state index < -0.39 is 21.8 Å². The number of carbonyl (C=O) groups excluding carboxylic acids is 1. The molecule has 3 rings (SSSR count). The molecule has 2 heterocycles. The van der Waals surface area contributed by atoms with E-state index in [9.17, 15) is 17.6 Å². The minimum Gasteiger partial charge on any atom is -0.467 e. The molecule has 1 aliphatic rings. The van der Waals surface area contributed by atoms with E-state index in [2.05, 4.69) is 0 Å². The van der Waals surface area contributed by atoms with Gasteiger partial charge in [-0.25, -0.2) is 17.6 Å². The zero-order chi connectivity index (χ0) is 19.4. The van der Waals surface area contributed by atoms with Gasteiger partial charge in [0.1, 0.15) is 17.1 Å². The molecule has 0 radical (unpaired) electrons. The van der Waals surface area contributed by atoms with Crippen LogP contribution >= 0.6 is 0 Å². The van der Waals surface area contributed by atoms with Crippen LogP contribution in [0.25, 0.3) is 0 Å². The number of sulfonamides is 1. The highest BCUT2D eigenvalue weighted by atomic mass is 32.2. The summed E-state index contributed by atoms with van der Waals surface area (Å²) in [6.07, 6.45) is 2.07. The van der Waals surface area contributed by atoms with Gasteiger partial charge >= 0.3 is 5.97 Å². The molecule has 0 aliphatic carbocycles. The fraction of sp³-hybridized carbons (Fsp3) is 0.389. The molecule has 0 bridgehead atoms. The number of furan rings is 1. The summed E-state index contributed by atoms with van der Waals surface area (Å²) in [5.74, 6) is -0.443. The van der Waals surface area contributed by atoms with Gasteiger partial charge < -0.3 is 9.15 Å². The molecular formula is C18H21FN2O5S. The topological polar surface area (TPSA) is 80.1 Å². The first-order valence-electron chi connectivity index (χ1n) is 8.54. The predicted octanol–water partition coefficient (Wildman–Crippen LogP) is 2.10. The van der Waals surface area contributed by atoms with Crippen LogP contribution in [0.5, 0.6) is 0 Å². The summed E-state index contributed by atoms with van der Waals surface area (Å²) in [6, 6.07) is 6.40. The number of benzene rings is 1. The molecule has 7 nitrogen and oxygen atoms in total. The summed E-state index contributed by atoms with van der Waals surface area (Å²) in [6.45, 7) is 2.21. The average molecular weight is 396 g/mol. The van der Waals surface area contributed by atoms with Crippen molar-refractivity contribution in [3.8, 4) is 0 Å². The fourth-order valence-corrected chi connectivity index (χ4v) is 4.53. The van der Waals surface area contributed by atoms with E-state index in [0.717, 1.165) is 12.1 Å². The molecule has 1 fully saturated rings. The average Bonchev–Trinajstić information content (AvgIpc) is 2.98. The highest BCUT2D eigenvalue weighted by Gasteiger charge is 2.27. The zero-order valence-corrected chi connectivity index (χ0v) is 15.7. The molecule has 0 unspecified atom stereocenters. The molecule has 1 aromatic heterocycles. The minimum absolute atomic E-state index is 0.0800. The largest absolute Gasteiger partial charge is 0.467 e. The maximum Gasteiger partial charge on any atom is 0.341 e. The number of ether oxygens (including phenoxy) is 1. The number of rotatable bonds is 5. The maximum absolute atomic E-state index is 13.1. The lowest BCUT2D eigenvalue weighted by molar-refractivity contribution is 0.0596. The molecule has 0 atom stereocenters. The molecule has 0 spiro atoms. The van der Waals surface area contributed by atoms with Gasteiger partial charge in [0.25, 0.3) is 0 Å². The Balaban J connectivity index is 1.68. The predicted molar refractivity (Wildman–Crippen MR) is 95.1 cm³/mol. The van der Waals surface area contributed by atoms with Crippen molar-refractivity contribution in [1.29, 1.82) is 0 Å². The Kier molecular flexibility index (Phi) is 5.93. The van der Waals surface area contributed by atoms with E-state index in [4.69, 9.17) is 9.15 Å². The Hall–Kier alpha value is -2.23. The fourth-order valence-electron chi connectivity index (χ4n) is 3.06. The van der Waals surface area contributed by atoms with Crippen LogP contribution in [0.2, 0.25) is 0 Å². The van der Waals surface area contributed by atoms with Crippen LogP contribution in [0, 0.1) is 5.82 Å². The van der Waals surface area contributed by atoms with Crippen molar-refractivity contribution in [3.05, 3.63) is 53.7 Å². The second-order valence-corrected chi connectivity index (χ2v) is 8.17. The summed E-state index contributed by atoms with van der Waals surface area (Å²) in [7, 11) is -2.36. The normalized spacial score (nSPS) is 16.8. The number of methoxy groups -OCH3 is 1. The van der Waals surface area contributed by atoms with Gasteiger partial charge in [-0.1, -0.05) is 0 Å². The minimum atomic E-state index is -3.67. The van der Waals surface area contributed by atoms with E-state index in [1.165, 1.54) is 29.8 Å². The molecular weight excluding hydrogens is 375 g/mol. The highest BCUT2D eigenvalue weighted by Crippen LogP contribution is 2.20. The number of hydrogen-bond donors (Lipinski definition) is 0. The summed E-state index contributed by atoms with van der Waals surface area (Å²) in [5.41, 5.74) is 0.373. The zero-order valence-electron chi connectivity index (χ0n) is 14.9. The maximum atomic E-state index is 13.1. The van der Waals surface area contributed by atoms with E-state index in [1.54, 1.807) is 6.07 Å². The van der Waals surface area contributed by atoms with Gasteiger partial charge in [-0.15, -0.1) is 0 Å². The van der Waals surface area contributed by atoms with Crippen LogP contribution in [0.3, 0.4) is 0 Å². The van der Waals surface area contributed by atoms with E-state index in [1.807, 2.05) is 4.90 Å². The van der Waals surface area contributed by atoms with Crippen molar-refractivity contribution in [2.75, 3.05) is 33.3 Å². The Morgan fingerprint density at radius 1 is 1.15 bits per heavy atom. The van der Waals surface area contributed by atoms with E-state index in [0.29, 0.717) is 50.5 Å². The second kappa shape index (κ2) is 8.20. The third-order valence-electron chi connectivity index (χ3n) is 4.52. The quantitative estimate of drug-likeness (QED) is 0.720. The van der Waals surface area contributed by atoms with Crippen molar-refractivity contribution < 1.29 is 26.8 Å². The van der Waals surface area contributed by atoms with Gasteiger partial charge in [-0.3, -0.25) is 4.90 Å². The van der Waals surface area contributed by atoms with Gasteiger partial charge in [-0.05, 0) is 43.3 Å². The number of nitrogens with zero attached hydrogens (tertiary/aromatic N) is 2. The number of carbonyl (C=O) groups is 1. The lowest BCUT2D eigenvalue weighted by atomic mass is 10.2. The van der Waals surface area contributed by atoms with Crippen molar-refractivity contribution in [1.82, 2.24) is 9.21 Å². The van der Waals surface area contributed by atoms with Crippen LogP contribution in [-0.2, 0) is 21.3 Å². The summed E-state index contributed by atoms with van der Waals surface area (Å²) in [5, 5.41) is 0. The van der Waals surface area contributed by atoms with Crippen LogP contribution in [-0.4, -0.2) is 56.9 Å². The first kappa shape index (κ1) is 19.5. The third-order valence-corrected chi connectivity index (χ3v) is 6.43. The van der Waals surface area contributed by atoms with Crippen LogP contribution in [0.4, 0.5) is 4.39 Å². The Morgan fingerprint density at radius 2 is 1.89 bits per heavy atom. The molecule has 2 aromatic rings. The molecule has 9 heteroatoms. The van der Waals surface area contributed by atoms with Crippen LogP contribution < -0.4 is 0 Å². The van der Waals surface area contributed by atoms with Gasteiger partial charge in [-0.2, -0.15) is 4.31 Å². The van der Waals surface area contributed by atoms with Crippen LogP contribution in [0.15, 0.2) is 45.9 Å². The lowest BCUT2D eigenvalue weighted by Gasteiger charge is -2.21. The van der Waals surface area contributed by atoms with E-state index in [-0.39, 0.29) is 4.90 Å². The Bertz CT molecular complexity index is 895. The van der Waals surface area contributed by atoms with Crippen molar-refractivity contribution in [2.24, 2.45) is 0 Å². The van der Waals surface area contributed by atoms with Gasteiger partial charge in [0.05, 0.1) is 24.8 Å². The third kappa shape index (κ3) is 4.37. The first-order chi connectivity index (χ1) is 12.9. The van der Waals surface area contributed by atoms with Gasteiger partial charge in [0.15, 0.2) is 0 Å². The SMILES string of the molecule is COC(=O)c1ccoc1CN1CCCN(S(=O)(=O)c2ccc(F)cc2)CC1. The van der Waals surface area contributed by atoms with Crippen molar-refractivity contribution in [3.63, 3.8) is 0 Å². The molecule has 1 saturated heterocycles. The summed E-state index contributed by atoms with van der Waals surface area (Å²) in [4.78, 5) is 13.9. The molecule has 1 aliphatic heterocycles. The van der Waals surface area contributed by atoms with Crippen molar-refractivity contribution >= 4 is 16.0 Å². The Labute approximate surface area is 157 Å². The number of hydrogen-bond acceptors (Lipinski definition) is 6. The number of esters is 1. The molecule has 1 aromatic carbocycles. The molecule has 27 heavy (non-hydrogen) atoms. The first-order valence-corrected chi connectivity index (χ1v) is 9.98. The summed E-state index contributed by atoms with van der Waals surface area (Å²) >= 11 is 0.